The zero-order valence-electron chi connectivity index (χ0n) is 10.4. The van der Waals surface area contributed by atoms with Crippen LogP contribution in [-0.4, -0.2) is 20.8 Å². The molecule has 5 heteroatoms. The maximum absolute atomic E-state index is 13.2. The van der Waals surface area contributed by atoms with Gasteiger partial charge >= 0.3 is 0 Å². The summed E-state index contributed by atoms with van der Waals surface area (Å²) in [6.45, 7) is 0. The normalized spacial score (nSPS) is 17.7. The van der Waals surface area contributed by atoms with Crippen LogP contribution in [0.25, 0.3) is 0 Å². The molecule has 1 saturated carbocycles. The fraction of sp³-hybridized carbons (Fsp3) is 0.538. The molecule has 0 aliphatic heterocycles. The van der Waals surface area contributed by atoms with E-state index in [2.05, 4.69) is 0 Å². The van der Waals surface area contributed by atoms with Crippen molar-refractivity contribution >= 4 is 9.84 Å². The smallest absolute Gasteiger partial charge is 0.179 e. The summed E-state index contributed by atoms with van der Waals surface area (Å²) in [6, 6.07) is 3.57. The molecule has 0 bridgehead atoms. The number of ether oxygens (including phenoxy) is 1. The molecule has 1 fully saturated rings. The Bertz CT molecular complexity index is 519. The first-order valence-electron chi connectivity index (χ1n) is 6.13. The summed E-state index contributed by atoms with van der Waals surface area (Å²) in [6.07, 6.45) is 6.25. The summed E-state index contributed by atoms with van der Waals surface area (Å²) >= 11 is 0. The maximum Gasteiger partial charge on any atom is 0.179 e. The van der Waals surface area contributed by atoms with Gasteiger partial charge in [-0.25, -0.2) is 12.8 Å². The van der Waals surface area contributed by atoms with Crippen molar-refractivity contribution < 1.29 is 17.5 Å². The lowest BCUT2D eigenvalue weighted by atomic mass is 9.98. The van der Waals surface area contributed by atoms with E-state index in [0.29, 0.717) is 0 Å². The highest BCUT2D eigenvalue weighted by Crippen LogP contribution is 2.29. The average Bonchev–Trinajstić information content (AvgIpc) is 2.28. The van der Waals surface area contributed by atoms with E-state index in [1.807, 2.05) is 0 Å². The molecular formula is C13H17FO3S. The molecule has 1 aliphatic rings. The van der Waals surface area contributed by atoms with Gasteiger partial charge in [0.1, 0.15) is 16.5 Å². The minimum Gasteiger partial charge on any atom is -0.489 e. The Morgan fingerprint density at radius 2 is 1.89 bits per heavy atom. The highest BCUT2D eigenvalue weighted by molar-refractivity contribution is 7.90. The van der Waals surface area contributed by atoms with Gasteiger partial charge in [0.2, 0.25) is 0 Å². The van der Waals surface area contributed by atoms with Crippen molar-refractivity contribution in [3.63, 3.8) is 0 Å². The number of rotatable bonds is 3. The highest BCUT2D eigenvalue weighted by atomic mass is 32.2. The lowest BCUT2D eigenvalue weighted by Gasteiger charge is -2.24. The second kappa shape index (κ2) is 5.26. The summed E-state index contributed by atoms with van der Waals surface area (Å²) in [7, 11) is -3.39. The standard InChI is InChI=1S/C13H17FO3S/c1-18(15,16)13-8-7-10(14)9-12(13)17-11-5-3-2-4-6-11/h7-9,11H,2-6H2,1H3. The van der Waals surface area contributed by atoms with Crippen LogP contribution in [0.4, 0.5) is 4.39 Å². The van der Waals surface area contributed by atoms with Crippen LogP contribution in [0.2, 0.25) is 0 Å². The molecule has 100 valence electrons. The quantitative estimate of drug-likeness (QED) is 0.795. The largest absolute Gasteiger partial charge is 0.489 e. The minimum absolute atomic E-state index is 0.000972. The van der Waals surface area contributed by atoms with Crippen molar-refractivity contribution in [3.8, 4) is 5.75 Å². The molecule has 1 aromatic carbocycles. The summed E-state index contributed by atoms with van der Waals surface area (Å²) in [5, 5.41) is 0. The van der Waals surface area contributed by atoms with Crippen molar-refractivity contribution in [1.82, 2.24) is 0 Å². The van der Waals surface area contributed by atoms with Gasteiger partial charge in [0.05, 0.1) is 6.10 Å². The molecule has 18 heavy (non-hydrogen) atoms. The van der Waals surface area contributed by atoms with Crippen LogP contribution in [0, 0.1) is 5.82 Å². The summed E-state index contributed by atoms with van der Waals surface area (Å²) < 4.78 is 42.1. The minimum atomic E-state index is -3.39. The van der Waals surface area contributed by atoms with E-state index in [1.165, 1.54) is 12.5 Å². The molecule has 0 unspecified atom stereocenters. The third-order valence-corrected chi connectivity index (χ3v) is 4.29. The Hall–Kier alpha value is -1.10. The Morgan fingerprint density at radius 1 is 1.22 bits per heavy atom. The molecule has 0 radical (unpaired) electrons. The van der Waals surface area contributed by atoms with E-state index in [1.54, 1.807) is 0 Å². The SMILES string of the molecule is CS(=O)(=O)c1ccc(F)cc1OC1CCCCC1. The van der Waals surface area contributed by atoms with Gasteiger partial charge < -0.3 is 4.74 Å². The molecule has 1 aliphatic carbocycles. The van der Waals surface area contributed by atoms with E-state index >= 15 is 0 Å². The Labute approximate surface area is 107 Å². The second-order valence-electron chi connectivity index (χ2n) is 4.74. The predicted octanol–water partition coefficient (Wildman–Crippen LogP) is 2.94. The van der Waals surface area contributed by atoms with Crippen molar-refractivity contribution in [1.29, 1.82) is 0 Å². The van der Waals surface area contributed by atoms with E-state index in [-0.39, 0.29) is 16.7 Å². The van der Waals surface area contributed by atoms with Gasteiger partial charge in [0.15, 0.2) is 9.84 Å². The highest BCUT2D eigenvalue weighted by Gasteiger charge is 2.20. The van der Waals surface area contributed by atoms with Crippen LogP contribution >= 0.6 is 0 Å². The van der Waals surface area contributed by atoms with Crippen molar-refractivity contribution in [2.45, 2.75) is 43.1 Å². The number of halogens is 1. The van der Waals surface area contributed by atoms with Gasteiger partial charge in [0, 0.05) is 12.3 Å². The molecule has 0 amide bonds. The van der Waals surface area contributed by atoms with Gasteiger partial charge in [-0.3, -0.25) is 0 Å². The van der Waals surface area contributed by atoms with Crippen LogP contribution in [-0.2, 0) is 9.84 Å². The zero-order valence-corrected chi connectivity index (χ0v) is 11.2. The number of hydrogen-bond acceptors (Lipinski definition) is 3. The third kappa shape index (κ3) is 3.22. The van der Waals surface area contributed by atoms with E-state index in [9.17, 15) is 12.8 Å². The Balaban J connectivity index is 2.27. The van der Waals surface area contributed by atoms with Crippen LogP contribution in [0.15, 0.2) is 23.1 Å². The van der Waals surface area contributed by atoms with Gasteiger partial charge in [0.25, 0.3) is 0 Å². The molecule has 0 saturated heterocycles. The van der Waals surface area contributed by atoms with E-state index in [4.69, 9.17) is 4.74 Å². The fourth-order valence-corrected chi connectivity index (χ4v) is 3.03. The third-order valence-electron chi connectivity index (χ3n) is 3.15. The van der Waals surface area contributed by atoms with Gasteiger partial charge in [-0.15, -0.1) is 0 Å². The van der Waals surface area contributed by atoms with Crippen LogP contribution in [0.5, 0.6) is 5.75 Å². The first-order valence-corrected chi connectivity index (χ1v) is 8.02. The molecule has 3 nitrogen and oxygen atoms in total. The maximum atomic E-state index is 13.2. The molecule has 0 N–H and O–H groups in total. The number of benzene rings is 1. The number of sulfone groups is 1. The molecular weight excluding hydrogens is 255 g/mol. The van der Waals surface area contributed by atoms with Crippen LogP contribution in [0.3, 0.4) is 0 Å². The molecule has 1 aromatic rings. The average molecular weight is 272 g/mol. The van der Waals surface area contributed by atoms with Gasteiger partial charge in [-0.2, -0.15) is 0 Å². The summed E-state index contributed by atoms with van der Waals surface area (Å²) in [5.41, 5.74) is 0. The van der Waals surface area contributed by atoms with Crippen molar-refractivity contribution in [2.75, 3.05) is 6.26 Å². The van der Waals surface area contributed by atoms with Crippen LogP contribution in [0.1, 0.15) is 32.1 Å². The summed E-state index contributed by atoms with van der Waals surface area (Å²) in [5.74, 6) is -0.336. The van der Waals surface area contributed by atoms with Gasteiger partial charge in [-0.1, -0.05) is 6.42 Å². The van der Waals surface area contributed by atoms with Crippen LogP contribution < -0.4 is 4.74 Å². The molecule has 2 rings (SSSR count). The zero-order chi connectivity index (χ0) is 13.2. The van der Waals surface area contributed by atoms with E-state index in [0.717, 1.165) is 44.1 Å². The lowest BCUT2D eigenvalue weighted by Crippen LogP contribution is -2.20. The fourth-order valence-electron chi connectivity index (χ4n) is 2.24. The Morgan fingerprint density at radius 3 is 2.50 bits per heavy atom. The van der Waals surface area contributed by atoms with Crippen molar-refractivity contribution in [2.24, 2.45) is 0 Å². The Kier molecular flexibility index (Phi) is 3.90. The predicted molar refractivity (Wildman–Crippen MR) is 67.0 cm³/mol. The summed E-state index contributed by atoms with van der Waals surface area (Å²) in [4.78, 5) is 0.0643. The monoisotopic (exact) mass is 272 g/mol. The molecule has 0 spiro atoms. The second-order valence-corrected chi connectivity index (χ2v) is 6.73. The van der Waals surface area contributed by atoms with E-state index < -0.39 is 15.7 Å². The molecule has 0 aromatic heterocycles. The topological polar surface area (TPSA) is 43.4 Å². The first kappa shape index (κ1) is 13.3. The molecule has 0 atom stereocenters. The van der Waals surface area contributed by atoms with Gasteiger partial charge in [-0.05, 0) is 37.8 Å². The first-order chi connectivity index (χ1) is 8.47. The number of hydrogen-bond donors (Lipinski definition) is 0. The lowest BCUT2D eigenvalue weighted by molar-refractivity contribution is 0.150. The molecule has 0 heterocycles. The van der Waals surface area contributed by atoms with Crippen molar-refractivity contribution in [3.05, 3.63) is 24.0 Å².